The van der Waals surface area contributed by atoms with Gasteiger partial charge in [-0.2, -0.15) is 0 Å². The van der Waals surface area contributed by atoms with E-state index in [4.69, 9.17) is 0 Å². The fourth-order valence-electron chi connectivity index (χ4n) is 2.30. The van der Waals surface area contributed by atoms with Crippen LogP contribution < -0.4 is 5.32 Å². The Morgan fingerprint density at radius 3 is 2.40 bits per heavy atom. The molecule has 0 aliphatic carbocycles. The minimum Gasteiger partial charge on any atom is -0.341 e. The van der Waals surface area contributed by atoms with Crippen LogP contribution in [-0.2, 0) is 10.1 Å². The molecule has 108 valence electrons. The van der Waals surface area contributed by atoms with E-state index in [9.17, 15) is 9.59 Å². The Morgan fingerprint density at radius 1 is 1.25 bits per heavy atom. The van der Waals surface area contributed by atoms with Gasteiger partial charge in [-0.05, 0) is 37.5 Å². The van der Waals surface area contributed by atoms with Crippen LogP contribution in [0.5, 0.6) is 0 Å². The number of likely N-dealkylation sites (tertiary alicyclic amines) is 1. The predicted octanol–water partition coefficient (Wildman–Crippen LogP) is 2.32. The van der Waals surface area contributed by atoms with Gasteiger partial charge in [0, 0.05) is 24.0 Å². The van der Waals surface area contributed by atoms with E-state index < -0.39 is 6.04 Å². The lowest BCUT2D eigenvalue weighted by molar-refractivity contribution is -0.131. The summed E-state index contributed by atoms with van der Waals surface area (Å²) in [6.45, 7) is 3.35. The first-order valence-electron chi connectivity index (χ1n) is 6.86. The van der Waals surface area contributed by atoms with Crippen molar-refractivity contribution in [2.24, 2.45) is 0 Å². The van der Waals surface area contributed by atoms with Gasteiger partial charge in [0.2, 0.25) is 5.91 Å². The second kappa shape index (κ2) is 6.88. The van der Waals surface area contributed by atoms with Crippen molar-refractivity contribution in [2.75, 3.05) is 13.1 Å². The van der Waals surface area contributed by atoms with Crippen LogP contribution in [0.2, 0.25) is 0 Å². The van der Waals surface area contributed by atoms with Crippen molar-refractivity contribution in [2.45, 2.75) is 31.1 Å². The van der Waals surface area contributed by atoms with Crippen molar-refractivity contribution < 1.29 is 9.59 Å². The summed E-state index contributed by atoms with van der Waals surface area (Å²) in [6, 6.07) is 6.88. The first-order valence-corrected chi connectivity index (χ1v) is 7.98. The van der Waals surface area contributed by atoms with Gasteiger partial charge in [-0.3, -0.25) is 9.59 Å². The molecule has 1 aliphatic heterocycles. The SMILES string of the molecule is CC(NC(=O)c1ccc(CBr)cc1)C(=O)N1CCCC1. The van der Waals surface area contributed by atoms with E-state index in [1.54, 1.807) is 19.1 Å². The molecule has 1 unspecified atom stereocenters. The molecule has 1 saturated heterocycles. The van der Waals surface area contributed by atoms with Crippen LogP contribution in [-0.4, -0.2) is 35.8 Å². The summed E-state index contributed by atoms with van der Waals surface area (Å²) in [6.07, 6.45) is 2.11. The number of halogens is 1. The van der Waals surface area contributed by atoms with Crippen molar-refractivity contribution >= 4 is 27.7 Å². The number of benzene rings is 1. The van der Waals surface area contributed by atoms with E-state index in [1.807, 2.05) is 17.0 Å². The monoisotopic (exact) mass is 338 g/mol. The molecule has 0 radical (unpaired) electrons. The van der Waals surface area contributed by atoms with Gasteiger partial charge in [-0.25, -0.2) is 0 Å². The van der Waals surface area contributed by atoms with Gasteiger partial charge in [0.05, 0.1) is 0 Å². The van der Waals surface area contributed by atoms with Crippen molar-refractivity contribution in [3.8, 4) is 0 Å². The summed E-state index contributed by atoms with van der Waals surface area (Å²) in [5.41, 5.74) is 1.69. The number of carbonyl (C=O) groups is 2. The first kappa shape index (κ1) is 15.0. The van der Waals surface area contributed by atoms with Crippen LogP contribution in [0.3, 0.4) is 0 Å². The maximum atomic E-state index is 12.1. The Balaban J connectivity index is 1.93. The third-order valence-corrected chi connectivity index (χ3v) is 4.15. The first-order chi connectivity index (χ1) is 9.61. The molecule has 2 amide bonds. The average Bonchev–Trinajstić information content (AvgIpc) is 3.00. The minimum atomic E-state index is -0.476. The summed E-state index contributed by atoms with van der Waals surface area (Å²) >= 11 is 3.37. The molecule has 1 aromatic rings. The number of hydrogen-bond acceptors (Lipinski definition) is 2. The van der Waals surface area contributed by atoms with Gasteiger partial charge in [-0.1, -0.05) is 28.1 Å². The summed E-state index contributed by atoms with van der Waals surface area (Å²) in [7, 11) is 0. The molecule has 1 atom stereocenters. The molecule has 1 N–H and O–H groups in total. The Labute approximate surface area is 127 Å². The molecule has 20 heavy (non-hydrogen) atoms. The van der Waals surface area contributed by atoms with Gasteiger partial charge in [0.1, 0.15) is 6.04 Å². The maximum Gasteiger partial charge on any atom is 0.251 e. The molecule has 1 heterocycles. The normalized spacial score (nSPS) is 16.0. The fraction of sp³-hybridized carbons (Fsp3) is 0.467. The molecule has 5 heteroatoms. The van der Waals surface area contributed by atoms with Crippen LogP contribution in [0.1, 0.15) is 35.7 Å². The van der Waals surface area contributed by atoms with E-state index in [-0.39, 0.29) is 11.8 Å². The highest BCUT2D eigenvalue weighted by Gasteiger charge is 2.24. The molecule has 1 aliphatic rings. The number of rotatable bonds is 4. The molecule has 0 bridgehead atoms. The average molecular weight is 339 g/mol. The molecule has 0 saturated carbocycles. The standard InChI is InChI=1S/C15H19BrN2O2/c1-11(15(20)18-8-2-3-9-18)17-14(19)13-6-4-12(10-16)5-7-13/h4-7,11H,2-3,8-10H2,1H3,(H,17,19). The smallest absolute Gasteiger partial charge is 0.251 e. The highest BCUT2D eigenvalue weighted by Crippen LogP contribution is 2.10. The third-order valence-electron chi connectivity index (χ3n) is 3.51. The van der Waals surface area contributed by atoms with Gasteiger partial charge in [-0.15, -0.1) is 0 Å². The van der Waals surface area contributed by atoms with Gasteiger partial charge >= 0.3 is 0 Å². The van der Waals surface area contributed by atoms with Crippen LogP contribution in [0.25, 0.3) is 0 Å². The van der Waals surface area contributed by atoms with Crippen LogP contribution in [0.15, 0.2) is 24.3 Å². The van der Waals surface area contributed by atoms with Crippen molar-refractivity contribution in [1.29, 1.82) is 0 Å². The van der Waals surface area contributed by atoms with Crippen LogP contribution in [0, 0.1) is 0 Å². The Hall–Kier alpha value is -1.36. The van der Waals surface area contributed by atoms with E-state index in [1.165, 1.54) is 0 Å². The summed E-state index contributed by atoms with van der Waals surface area (Å²) < 4.78 is 0. The number of nitrogens with zero attached hydrogens (tertiary/aromatic N) is 1. The van der Waals surface area contributed by atoms with Crippen molar-refractivity contribution in [1.82, 2.24) is 10.2 Å². The molecule has 0 spiro atoms. The number of amides is 2. The molecule has 4 nitrogen and oxygen atoms in total. The quantitative estimate of drug-likeness (QED) is 0.856. The topological polar surface area (TPSA) is 49.4 Å². The Bertz CT molecular complexity index is 481. The second-order valence-electron chi connectivity index (χ2n) is 5.06. The molecule has 1 fully saturated rings. The lowest BCUT2D eigenvalue weighted by atomic mass is 10.1. The van der Waals surface area contributed by atoms with E-state index >= 15 is 0 Å². The number of hydrogen-bond donors (Lipinski definition) is 1. The van der Waals surface area contributed by atoms with Crippen molar-refractivity contribution in [3.63, 3.8) is 0 Å². The zero-order valence-electron chi connectivity index (χ0n) is 11.6. The molecule has 1 aromatic carbocycles. The second-order valence-corrected chi connectivity index (χ2v) is 5.62. The lowest BCUT2D eigenvalue weighted by Gasteiger charge is -2.21. The van der Waals surface area contributed by atoms with Crippen molar-refractivity contribution in [3.05, 3.63) is 35.4 Å². The lowest BCUT2D eigenvalue weighted by Crippen LogP contribution is -2.45. The van der Waals surface area contributed by atoms with Gasteiger partial charge in [0.25, 0.3) is 5.91 Å². The van der Waals surface area contributed by atoms with Gasteiger partial charge in [0.15, 0.2) is 0 Å². The Morgan fingerprint density at radius 2 is 1.85 bits per heavy atom. The molecule has 0 aromatic heterocycles. The van der Waals surface area contributed by atoms with Crippen LogP contribution in [0.4, 0.5) is 0 Å². The number of carbonyl (C=O) groups excluding carboxylic acids is 2. The zero-order valence-corrected chi connectivity index (χ0v) is 13.1. The summed E-state index contributed by atoms with van der Waals surface area (Å²) in [5.74, 6) is -0.195. The third kappa shape index (κ3) is 3.60. The number of nitrogens with one attached hydrogen (secondary N) is 1. The van der Waals surface area contributed by atoms with E-state index in [0.29, 0.717) is 5.56 Å². The molecular weight excluding hydrogens is 320 g/mol. The summed E-state index contributed by atoms with van der Waals surface area (Å²) in [5, 5.41) is 3.53. The van der Waals surface area contributed by atoms with Gasteiger partial charge < -0.3 is 10.2 Å². The highest BCUT2D eigenvalue weighted by atomic mass is 79.9. The molecular formula is C15H19BrN2O2. The summed E-state index contributed by atoms with van der Waals surface area (Å²) in [4.78, 5) is 26.0. The van der Waals surface area contributed by atoms with Crippen LogP contribution >= 0.6 is 15.9 Å². The highest BCUT2D eigenvalue weighted by molar-refractivity contribution is 9.08. The largest absolute Gasteiger partial charge is 0.341 e. The fourth-order valence-corrected chi connectivity index (χ4v) is 2.67. The van der Waals surface area contributed by atoms with E-state index in [2.05, 4.69) is 21.2 Å². The Kier molecular flexibility index (Phi) is 5.17. The predicted molar refractivity (Wildman–Crippen MR) is 81.8 cm³/mol. The number of alkyl halides is 1. The maximum absolute atomic E-state index is 12.1. The minimum absolute atomic E-state index is 0.00734. The zero-order chi connectivity index (χ0) is 14.5. The van der Waals surface area contributed by atoms with E-state index in [0.717, 1.165) is 36.8 Å². The molecule has 2 rings (SSSR count).